The number of ether oxygens (including phenoxy) is 1. The molecule has 0 aliphatic heterocycles. The van der Waals surface area contributed by atoms with Gasteiger partial charge in [-0.25, -0.2) is 0 Å². The summed E-state index contributed by atoms with van der Waals surface area (Å²) in [6.07, 6.45) is 14.0. The smallest absolute Gasteiger partial charge is 0.100 e. The molecule has 3 nitrogen and oxygen atoms in total. The highest BCUT2D eigenvalue weighted by molar-refractivity contribution is 5.34. The summed E-state index contributed by atoms with van der Waals surface area (Å²) in [4.78, 5) is 0. The van der Waals surface area contributed by atoms with Crippen molar-refractivity contribution in [3.05, 3.63) is 59.1 Å². The van der Waals surface area contributed by atoms with E-state index in [1.165, 1.54) is 42.6 Å². The first-order valence-electron chi connectivity index (χ1n) is 12.2. The molecule has 3 heteroatoms. The molecule has 30 heavy (non-hydrogen) atoms. The number of allylic oxidation sites excluding steroid dienone is 4. The zero-order valence-corrected chi connectivity index (χ0v) is 18.6. The fourth-order valence-electron chi connectivity index (χ4n) is 6.13. The number of aryl methyl sites for hydroxylation is 1. The Kier molecular flexibility index (Phi) is 7.20. The minimum absolute atomic E-state index is 0.217. The first-order valence-corrected chi connectivity index (χ1v) is 12.2. The first kappa shape index (κ1) is 21.5. The Balaban J connectivity index is 1.46. The molecule has 0 heterocycles. The van der Waals surface area contributed by atoms with Crippen molar-refractivity contribution < 1.29 is 9.84 Å². The standard InChI is InChI=1S/C27H39NO2/c1-19(8-7-11-20-9-3-2-4-10-20)30-27-17-21-12-5-6-13-23(21)24-16-22(14-15-28)26(29)18-25(24)27/h2-4,9-10,18-19,21-24,29H,5-8,11-17,28H2,1H3/t19?,21-,22?,23+,24?/m0/s1. The summed E-state index contributed by atoms with van der Waals surface area (Å²) in [6.45, 7) is 2.86. The Morgan fingerprint density at radius 1 is 1.17 bits per heavy atom. The highest BCUT2D eigenvalue weighted by atomic mass is 16.5. The lowest BCUT2D eigenvalue weighted by Crippen LogP contribution is -2.37. The van der Waals surface area contributed by atoms with Crippen LogP contribution in [0.2, 0.25) is 0 Å². The Labute approximate surface area is 182 Å². The van der Waals surface area contributed by atoms with Crippen LogP contribution in [0.15, 0.2) is 53.5 Å². The van der Waals surface area contributed by atoms with Crippen molar-refractivity contribution >= 4 is 0 Å². The van der Waals surface area contributed by atoms with Crippen LogP contribution in [-0.4, -0.2) is 17.8 Å². The van der Waals surface area contributed by atoms with Gasteiger partial charge in [-0.3, -0.25) is 0 Å². The highest BCUT2D eigenvalue weighted by Crippen LogP contribution is 2.52. The number of rotatable bonds is 8. The van der Waals surface area contributed by atoms with Gasteiger partial charge in [-0.1, -0.05) is 43.2 Å². The summed E-state index contributed by atoms with van der Waals surface area (Å²) in [5.74, 6) is 3.99. The molecule has 1 saturated carbocycles. The molecule has 3 aliphatic carbocycles. The second kappa shape index (κ2) is 10.0. The van der Waals surface area contributed by atoms with Crippen LogP contribution in [0.25, 0.3) is 0 Å². The van der Waals surface area contributed by atoms with Crippen molar-refractivity contribution in [2.45, 2.75) is 77.2 Å². The maximum Gasteiger partial charge on any atom is 0.100 e. The van der Waals surface area contributed by atoms with Crippen molar-refractivity contribution in [1.82, 2.24) is 0 Å². The number of aliphatic hydroxyl groups excluding tert-OH is 1. The molecule has 1 aromatic rings. The summed E-state index contributed by atoms with van der Waals surface area (Å²) in [7, 11) is 0. The van der Waals surface area contributed by atoms with Gasteiger partial charge < -0.3 is 15.6 Å². The molecule has 4 rings (SSSR count). The van der Waals surface area contributed by atoms with Crippen LogP contribution in [0.4, 0.5) is 0 Å². The van der Waals surface area contributed by atoms with Crippen LogP contribution in [0, 0.1) is 23.7 Å². The largest absolute Gasteiger partial charge is 0.512 e. The van der Waals surface area contributed by atoms with E-state index >= 15 is 0 Å². The van der Waals surface area contributed by atoms with Gasteiger partial charge >= 0.3 is 0 Å². The molecule has 164 valence electrons. The molecule has 3 unspecified atom stereocenters. The van der Waals surface area contributed by atoms with E-state index in [1.807, 2.05) is 0 Å². The van der Waals surface area contributed by atoms with Crippen LogP contribution in [0.1, 0.15) is 70.3 Å². The quantitative estimate of drug-likeness (QED) is 0.529. The van der Waals surface area contributed by atoms with Crippen molar-refractivity contribution in [3.63, 3.8) is 0 Å². The number of aliphatic hydroxyl groups is 1. The molecular formula is C27H39NO2. The summed E-state index contributed by atoms with van der Waals surface area (Å²) in [6, 6.07) is 10.7. The predicted molar refractivity (Wildman–Crippen MR) is 123 cm³/mol. The van der Waals surface area contributed by atoms with Crippen LogP contribution in [0.5, 0.6) is 0 Å². The first-order chi connectivity index (χ1) is 14.7. The van der Waals surface area contributed by atoms with E-state index in [1.54, 1.807) is 0 Å². The molecule has 0 spiro atoms. The number of hydrogen-bond donors (Lipinski definition) is 2. The van der Waals surface area contributed by atoms with E-state index in [9.17, 15) is 5.11 Å². The van der Waals surface area contributed by atoms with Gasteiger partial charge in [-0.2, -0.15) is 0 Å². The zero-order chi connectivity index (χ0) is 20.9. The normalized spacial score (nSPS) is 29.6. The molecule has 0 aromatic heterocycles. The van der Waals surface area contributed by atoms with Crippen molar-refractivity contribution in [2.24, 2.45) is 29.4 Å². The van der Waals surface area contributed by atoms with E-state index < -0.39 is 0 Å². The van der Waals surface area contributed by atoms with Gasteiger partial charge in [-0.05, 0) is 93.4 Å². The second-order valence-electron chi connectivity index (χ2n) is 9.78. The molecule has 5 atom stereocenters. The van der Waals surface area contributed by atoms with Gasteiger partial charge in [0, 0.05) is 12.3 Å². The van der Waals surface area contributed by atoms with Crippen LogP contribution < -0.4 is 5.73 Å². The predicted octanol–water partition coefficient (Wildman–Crippen LogP) is 6.31. The maximum absolute atomic E-state index is 10.7. The van der Waals surface area contributed by atoms with E-state index in [-0.39, 0.29) is 12.0 Å². The van der Waals surface area contributed by atoms with Crippen LogP contribution >= 0.6 is 0 Å². The number of hydrogen-bond acceptors (Lipinski definition) is 3. The fourth-order valence-corrected chi connectivity index (χ4v) is 6.13. The molecule has 0 bridgehead atoms. The summed E-state index contributed by atoms with van der Waals surface area (Å²) in [5, 5.41) is 10.7. The SMILES string of the molecule is CC(CCCc1ccccc1)OC1=C2C=C(O)C(CCN)CC2[C@@H]2CCCC[C@H]2C1. The van der Waals surface area contributed by atoms with Gasteiger partial charge in [0.2, 0.25) is 0 Å². The zero-order valence-electron chi connectivity index (χ0n) is 18.6. The third kappa shape index (κ3) is 4.94. The van der Waals surface area contributed by atoms with Gasteiger partial charge in [0.1, 0.15) is 5.76 Å². The van der Waals surface area contributed by atoms with Gasteiger partial charge in [0.25, 0.3) is 0 Å². The Hall–Kier alpha value is -1.74. The lowest BCUT2D eigenvalue weighted by molar-refractivity contribution is 0.0596. The summed E-state index contributed by atoms with van der Waals surface area (Å²) in [5.41, 5.74) is 8.54. The van der Waals surface area contributed by atoms with E-state index in [0.29, 0.717) is 18.2 Å². The topological polar surface area (TPSA) is 55.5 Å². The minimum atomic E-state index is 0.217. The lowest BCUT2D eigenvalue weighted by Gasteiger charge is -2.46. The molecule has 0 amide bonds. The lowest BCUT2D eigenvalue weighted by atomic mass is 9.61. The third-order valence-corrected chi connectivity index (χ3v) is 7.69. The van der Waals surface area contributed by atoms with Crippen molar-refractivity contribution in [2.75, 3.05) is 6.54 Å². The average Bonchev–Trinajstić information content (AvgIpc) is 2.76. The van der Waals surface area contributed by atoms with Crippen molar-refractivity contribution in [1.29, 1.82) is 0 Å². The van der Waals surface area contributed by atoms with Gasteiger partial charge in [0.05, 0.1) is 11.9 Å². The van der Waals surface area contributed by atoms with E-state index in [0.717, 1.165) is 50.4 Å². The second-order valence-corrected chi connectivity index (χ2v) is 9.78. The monoisotopic (exact) mass is 409 g/mol. The Morgan fingerprint density at radius 3 is 2.77 bits per heavy atom. The van der Waals surface area contributed by atoms with Crippen LogP contribution in [0.3, 0.4) is 0 Å². The Bertz CT molecular complexity index is 753. The maximum atomic E-state index is 10.7. The number of benzene rings is 1. The average molecular weight is 410 g/mol. The third-order valence-electron chi connectivity index (χ3n) is 7.69. The van der Waals surface area contributed by atoms with E-state index in [4.69, 9.17) is 10.5 Å². The fraction of sp³-hybridized carbons (Fsp3) is 0.630. The number of fused-ring (bicyclic) bond motifs is 3. The van der Waals surface area contributed by atoms with Gasteiger partial charge in [0.15, 0.2) is 0 Å². The summed E-state index contributed by atoms with van der Waals surface area (Å²) < 4.78 is 6.59. The molecule has 3 N–H and O–H groups in total. The molecule has 0 radical (unpaired) electrons. The molecule has 1 fully saturated rings. The van der Waals surface area contributed by atoms with Crippen LogP contribution in [-0.2, 0) is 11.2 Å². The molecule has 3 aliphatic rings. The molecule has 1 aromatic carbocycles. The minimum Gasteiger partial charge on any atom is -0.512 e. The molecular weight excluding hydrogens is 370 g/mol. The summed E-state index contributed by atoms with van der Waals surface area (Å²) >= 11 is 0. The number of nitrogens with two attached hydrogens (primary N) is 1. The van der Waals surface area contributed by atoms with Crippen molar-refractivity contribution in [3.8, 4) is 0 Å². The van der Waals surface area contributed by atoms with E-state index in [2.05, 4.69) is 43.3 Å². The highest BCUT2D eigenvalue weighted by Gasteiger charge is 2.43. The van der Waals surface area contributed by atoms with Gasteiger partial charge in [-0.15, -0.1) is 0 Å². The Morgan fingerprint density at radius 2 is 1.97 bits per heavy atom. The molecule has 0 saturated heterocycles.